The van der Waals surface area contributed by atoms with E-state index in [9.17, 15) is 14.4 Å². The molecule has 0 radical (unpaired) electrons. The molecule has 1 saturated heterocycles. The normalized spacial score (nSPS) is 13.7. The van der Waals surface area contributed by atoms with Crippen LogP contribution in [0.1, 0.15) is 30.7 Å². The second-order valence-electron chi connectivity index (χ2n) is 7.35. The molecule has 2 N–H and O–H groups in total. The molecule has 1 fully saturated rings. The van der Waals surface area contributed by atoms with E-state index in [0.29, 0.717) is 48.5 Å². The number of piperidine rings is 1. The first kappa shape index (κ1) is 20.8. The monoisotopic (exact) mass is 463 g/mol. The highest BCUT2D eigenvalue weighted by atomic mass is 32.1. The fourth-order valence-corrected chi connectivity index (χ4v) is 4.25. The minimum absolute atomic E-state index is 0.138. The number of H-pyrrole nitrogens is 1. The van der Waals surface area contributed by atoms with E-state index in [1.165, 1.54) is 11.3 Å². The van der Waals surface area contributed by atoms with Crippen LogP contribution in [0.5, 0.6) is 0 Å². The molecule has 0 saturated carbocycles. The molecule has 5 aromatic rings. The summed E-state index contributed by atoms with van der Waals surface area (Å²) in [6, 6.07) is 13.3. The van der Waals surface area contributed by atoms with Gasteiger partial charge in [0.25, 0.3) is 0 Å². The fourth-order valence-electron chi connectivity index (χ4n) is 3.36. The van der Waals surface area contributed by atoms with E-state index in [0.717, 1.165) is 20.8 Å². The third-order valence-electron chi connectivity index (χ3n) is 4.88. The molecule has 11 heteroatoms. The Morgan fingerprint density at radius 1 is 1.00 bits per heavy atom. The molecule has 0 spiro atoms. The molecule has 0 aliphatic carbocycles. The highest BCUT2D eigenvalue weighted by Gasteiger charge is 2.14. The van der Waals surface area contributed by atoms with Gasteiger partial charge in [-0.25, -0.2) is 9.78 Å². The molecule has 6 rings (SSSR count). The molecule has 4 heterocycles. The summed E-state index contributed by atoms with van der Waals surface area (Å²) in [5, 5.41) is 6.96. The van der Waals surface area contributed by atoms with Gasteiger partial charge in [0.2, 0.25) is 23.5 Å². The first-order valence-electron chi connectivity index (χ1n) is 10.2. The molecule has 0 unspecified atom stereocenters. The Bertz CT molecular complexity index is 1480. The number of amides is 2. The van der Waals surface area contributed by atoms with Crippen LogP contribution in [0, 0.1) is 0 Å². The Balaban J connectivity index is 0.000000243. The maximum absolute atomic E-state index is 11.2. The maximum Gasteiger partial charge on any atom is 0.417 e. The van der Waals surface area contributed by atoms with Crippen molar-refractivity contribution in [1.29, 1.82) is 0 Å². The number of nitrogens with zero attached hydrogens (tertiary/aromatic N) is 3. The summed E-state index contributed by atoms with van der Waals surface area (Å²) in [5.74, 6) is 0.221. The first-order chi connectivity index (χ1) is 16.0. The van der Waals surface area contributed by atoms with Gasteiger partial charge in [-0.2, -0.15) is 4.98 Å². The molecule has 33 heavy (non-hydrogen) atoms. The number of thiazole rings is 1. The third-order valence-corrected chi connectivity index (χ3v) is 5.91. The lowest BCUT2D eigenvalue weighted by Gasteiger charge is -2.07. The summed E-state index contributed by atoms with van der Waals surface area (Å²) in [7, 11) is 0. The Hall–Kier alpha value is -4.12. The van der Waals surface area contributed by atoms with E-state index < -0.39 is 5.76 Å². The number of nitrogens with one attached hydrogen (secondary N) is 2. The molecule has 2 aromatic carbocycles. The van der Waals surface area contributed by atoms with Gasteiger partial charge < -0.3 is 8.94 Å². The lowest BCUT2D eigenvalue weighted by Crippen LogP contribution is -2.33. The Kier molecular flexibility index (Phi) is 5.53. The fraction of sp³-hybridized carbons (Fsp3) is 0.182. The summed E-state index contributed by atoms with van der Waals surface area (Å²) < 4.78 is 11.4. The molecule has 10 nitrogen and oxygen atoms in total. The Labute approximate surface area is 189 Å². The van der Waals surface area contributed by atoms with Crippen LogP contribution >= 0.6 is 11.3 Å². The molecular weight excluding hydrogens is 446 g/mol. The van der Waals surface area contributed by atoms with Crippen molar-refractivity contribution in [3.8, 4) is 10.8 Å². The van der Waals surface area contributed by atoms with Crippen LogP contribution in [0.25, 0.3) is 32.1 Å². The second kappa shape index (κ2) is 8.79. The highest BCUT2D eigenvalue weighted by molar-refractivity contribution is 7.21. The predicted molar refractivity (Wildman–Crippen MR) is 120 cm³/mol. The van der Waals surface area contributed by atoms with Crippen LogP contribution < -0.4 is 11.1 Å². The van der Waals surface area contributed by atoms with Crippen LogP contribution in [-0.2, 0) is 16.0 Å². The zero-order chi connectivity index (χ0) is 22.8. The minimum Gasteiger partial charge on any atom is -0.408 e. The van der Waals surface area contributed by atoms with Crippen molar-refractivity contribution in [3.63, 3.8) is 0 Å². The van der Waals surface area contributed by atoms with E-state index in [1.807, 2.05) is 36.4 Å². The van der Waals surface area contributed by atoms with Crippen molar-refractivity contribution in [2.45, 2.75) is 25.7 Å². The minimum atomic E-state index is -0.469. The van der Waals surface area contributed by atoms with Crippen LogP contribution in [0.3, 0.4) is 0 Å². The number of imide groups is 1. The summed E-state index contributed by atoms with van der Waals surface area (Å²) in [6.45, 7) is 0. The van der Waals surface area contributed by atoms with Gasteiger partial charge in [0.05, 0.1) is 22.2 Å². The molecule has 2 amide bonds. The van der Waals surface area contributed by atoms with Crippen LogP contribution in [0.2, 0.25) is 0 Å². The number of hydrogen-bond acceptors (Lipinski definition) is 9. The molecule has 1 aliphatic heterocycles. The molecular formula is C22H17N5O5S. The highest BCUT2D eigenvalue weighted by Crippen LogP contribution is 2.28. The van der Waals surface area contributed by atoms with E-state index in [1.54, 1.807) is 6.07 Å². The zero-order valence-corrected chi connectivity index (χ0v) is 18.0. The van der Waals surface area contributed by atoms with Crippen molar-refractivity contribution < 1.29 is 18.5 Å². The van der Waals surface area contributed by atoms with E-state index in [-0.39, 0.29) is 11.8 Å². The number of carbonyl (C=O) groups is 2. The molecule has 0 atom stereocenters. The van der Waals surface area contributed by atoms with E-state index in [2.05, 4.69) is 25.4 Å². The van der Waals surface area contributed by atoms with Crippen LogP contribution in [-0.4, -0.2) is 31.9 Å². The summed E-state index contributed by atoms with van der Waals surface area (Å²) >= 11 is 1.53. The second-order valence-corrected chi connectivity index (χ2v) is 8.38. The number of para-hydroxylation sites is 1. The lowest BCUT2D eigenvalue weighted by molar-refractivity contribution is -0.132. The Morgan fingerprint density at radius 3 is 2.58 bits per heavy atom. The first-order valence-corrected chi connectivity index (χ1v) is 11.0. The standard InChI is InChI=1S/C17H10N4O3S.C5H7NO2/c22-17-19-11-7-9(5-6-12(11)23-17)8-14-20-15(21-24-14)16-18-10-3-1-2-4-13(10)25-16;7-4-2-1-3-5(8)6-4/h1-7H,8H2,(H,19,22);1-3H2,(H,6,7,8). The summed E-state index contributed by atoms with van der Waals surface area (Å²) in [4.78, 5) is 43.5. The average molecular weight is 463 g/mol. The SMILES string of the molecule is O=C1CCCC(=O)N1.O=c1[nH]c2cc(Cc3nc(-c4nc5ccccc5s4)no3)ccc2o1. The van der Waals surface area contributed by atoms with Crippen molar-refractivity contribution in [2.24, 2.45) is 0 Å². The topological polar surface area (TPSA) is 144 Å². The number of oxazole rings is 1. The zero-order valence-electron chi connectivity index (χ0n) is 17.2. The van der Waals surface area contributed by atoms with E-state index in [4.69, 9.17) is 8.94 Å². The summed E-state index contributed by atoms with van der Waals surface area (Å²) in [5.41, 5.74) is 3.02. The maximum atomic E-state index is 11.2. The van der Waals surface area contributed by atoms with Gasteiger partial charge in [-0.05, 0) is 36.2 Å². The van der Waals surface area contributed by atoms with Crippen molar-refractivity contribution >= 4 is 44.5 Å². The van der Waals surface area contributed by atoms with Crippen LogP contribution in [0.15, 0.2) is 56.2 Å². The van der Waals surface area contributed by atoms with E-state index >= 15 is 0 Å². The molecule has 166 valence electrons. The third kappa shape index (κ3) is 4.72. The van der Waals surface area contributed by atoms with Crippen molar-refractivity contribution in [1.82, 2.24) is 25.4 Å². The van der Waals surface area contributed by atoms with Gasteiger partial charge >= 0.3 is 5.76 Å². The number of hydrogen-bond donors (Lipinski definition) is 2. The number of aromatic nitrogens is 4. The number of fused-ring (bicyclic) bond motifs is 2. The molecule has 3 aromatic heterocycles. The largest absolute Gasteiger partial charge is 0.417 e. The Morgan fingerprint density at radius 2 is 1.82 bits per heavy atom. The number of aromatic amines is 1. The number of benzene rings is 2. The van der Waals surface area contributed by atoms with Crippen molar-refractivity contribution in [3.05, 3.63) is 64.5 Å². The van der Waals surface area contributed by atoms with Gasteiger partial charge in [0.15, 0.2) is 10.6 Å². The summed E-state index contributed by atoms with van der Waals surface area (Å²) in [6.07, 6.45) is 2.18. The average Bonchev–Trinajstić information content (AvgIpc) is 3.50. The van der Waals surface area contributed by atoms with Gasteiger partial charge in [0.1, 0.15) is 0 Å². The van der Waals surface area contributed by atoms with Gasteiger partial charge in [-0.1, -0.05) is 23.4 Å². The lowest BCUT2D eigenvalue weighted by atomic mass is 10.1. The number of carbonyl (C=O) groups excluding carboxylic acids is 2. The molecule has 0 bridgehead atoms. The van der Waals surface area contributed by atoms with Gasteiger partial charge in [0, 0.05) is 12.8 Å². The molecule has 1 aliphatic rings. The predicted octanol–water partition coefficient (Wildman–Crippen LogP) is 3.18. The smallest absolute Gasteiger partial charge is 0.408 e. The quantitative estimate of drug-likeness (QED) is 0.388. The van der Waals surface area contributed by atoms with Crippen LogP contribution in [0.4, 0.5) is 0 Å². The van der Waals surface area contributed by atoms with Crippen molar-refractivity contribution in [2.75, 3.05) is 0 Å². The van der Waals surface area contributed by atoms with Gasteiger partial charge in [-0.3, -0.25) is 19.9 Å². The number of rotatable bonds is 3. The van der Waals surface area contributed by atoms with Gasteiger partial charge in [-0.15, -0.1) is 11.3 Å².